The molecule has 1 heterocycles. The van der Waals surface area contributed by atoms with Gasteiger partial charge in [-0.15, -0.1) is 0 Å². The third kappa shape index (κ3) is 4.55. The lowest BCUT2D eigenvalue weighted by atomic mass is 10.3. The molecule has 0 fully saturated rings. The summed E-state index contributed by atoms with van der Waals surface area (Å²) < 4.78 is 36.5. The fourth-order valence-electron chi connectivity index (χ4n) is 1.36. The third-order valence-corrected chi connectivity index (χ3v) is 2.47. The fourth-order valence-corrected chi connectivity index (χ4v) is 1.36. The number of nitrogens with zero attached hydrogens (tertiary/aromatic N) is 2. The molecule has 0 aromatic carbocycles. The Morgan fingerprint density at radius 3 is 2.37 bits per heavy atom. The lowest BCUT2D eigenvalue weighted by Crippen LogP contribution is -2.35. The van der Waals surface area contributed by atoms with Crippen molar-refractivity contribution in [2.45, 2.75) is 32.5 Å². The predicted molar refractivity (Wildman–Crippen MR) is 66.1 cm³/mol. The number of halogens is 3. The summed E-state index contributed by atoms with van der Waals surface area (Å²) in [6, 6.07) is 0. The lowest BCUT2D eigenvalue weighted by molar-refractivity contribution is -0.198. The summed E-state index contributed by atoms with van der Waals surface area (Å²) in [6.07, 6.45) is -4.90. The first-order valence-corrected chi connectivity index (χ1v) is 5.90. The number of rotatable bonds is 6. The molecule has 0 amide bonds. The van der Waals surface area contributed by atoms with E-state index >= 15 is 0 Å². The van der Waals surface area contributed by atoms with Crippen LogP contribution in [-0.2, 0) is 0 Å². The monoisotopic (exact) mass is 278 g/mol. The Balaban J connectivity index is 2.69. The van der Waals surface area contributed by atoms with Crippen LogP contribution in [0.2, 0.25) is 0 Å². The molecule has 0 aliphatic rings. The van der Waals surface area contributed by atoms with E-state index < -0.39 is 18.8 Å². The number of alkyl halides is 3. The van der Waals surface area contributed by atoms with Gasteiger partial charge in [0, 0.05) is 12.1 Å². The minimum atomic E-state index is -4.64. The summed E-state index contributed by atoms with van der Waals surface area (Å²) in [4.78, 5) is 7.87. The first-order chi connectivity index (χ1) is 8.86. The number of anilines is 2. The zero-order valence-electron chi connectivity index (χ0n) is 10.8. The van der Waals surface area contributed by atoms with Crippen molar-refractivity contribution in [3.63, 3.8) is 0 Å². The largest absolute Gasteiger partial charge is 0.416 e. The van der Waals surface area contributed by atoms with E-state index in [1.807, 2.05) is 6.92 Å². The lowest BCUT2D eigenvalue weighted by Gasteiger charge is -2.17. The van der Waals surface area contributed by atoms with Gasteiger partial charge in [0.2, 0.25) is 0 Å². The van der Waals surface area contributed by atoms with Crippen LogP contribution < -0.4 is 10.6 Å². The number of aliphatic hydroxyl groups is 1. The summed E-state index contributed by atoms with van der Waals surface area (Å²) in [6.45, 7) is 3.75. The van der Waals surface area contributed by atoms with E-state index in [-0.39, 0.29) is 5.82 Å². The van der Waals surface area contributed by atoms with Crippen molar-refractivity contribution in [2.24, 2.45) is 0 Å². The van der Waals surface area contributed by atoms with Gasteiger partial charge in [0.25, 0.3) is 0 Å². The SMILES string of the molecule is CCCNc1ncnc(NCC(O)C(F)(F)F)c1C. The van der Waals surface area contributed by atoms with E-state index in [0.717, 1.165) is 6.42 Å². The number of hydrogen-bond donors (Lipinski definition) is 3. The van der Waals surface area contributed by atoms with E-state index in [4.69, 9.17) is 5.11 Å². The van der Waals surface area contributed by atoms with Gasteiger partial charge >= 0.3 is 6.18 Å². The fraction of sp³-hybridized carbons (Fsp3) is 0.636. The van der Waals surface area contributed by atoms with Crippen molar-refractivity contribution in [2.75, 3.05) is 23.7 Å². The van der Waals surface area contributed by atoms with Crippen molar-refractivity contribution in [1.82, 2.24) is 9.97 Å². The van der Waals surface area contributed by atoms with E-state index in [0.29, 0.717) is 17.9 Å². The van der Waals surface area contributed by atoms with Gasteiger partial charge in [-0.3, -0.25) is 0 Å². The van der Waals surface area contributed by atoms with Gasteiger partial charge in [0.05, 0.1) is 6.54 Å². The van der Waals surface area contributed by atoms with E-state index in [2.05, 4.69) is 20.6 Å². The van der Waals surface area contributed by atoms with E-state index in [9.17, 15) is 13.2 Å². The maximum Gasteiger partial charge on any atom is 0.416 e. The second kappa shape index (κ2) is 6.55. The van der Waals surface area contributed by atoms with Crippen LogP contribution >= 0.6 is 0 Å². The van der Waals surface area contributed by atoms with Crippen LogP contribution in [0.1, 0.15) is 18.9 Å². The topological polar surface area (TPSA) is 70.1 Å². The zero-order chi connectivity index (χ0) is 14.5. The van der Waals surface area contributed by atoms with Crippen LogP contribution in [0.25, 0.3) is 0 Å². The molecule has 1 rings (SSSR count). The Hall–Kier alpha value is -1.57. The van der Waals surface area contributed by atoms with Crippen LogP contribution in [-0.4, -0.2) is 40.4 Å². The van der Waals surface area contributed by atoms with E-state index in [1.165, 1.54) is 6.33 Å². The smallest absolute Gasteiger partial charge is 0.382 e. The van der Waals surface area contributed by atoms with Crippen LogP contribution in [0, 0.1) is 6.92 Å². The number of aliphatic hydroxyl groups excluding tert-OH is 1. The molecule has 0 saturated heterocycles. The van der Waals surface area contributed by atoms with Crippen LogP contribution in [0.4, 0.5) is 24.8 Å². The molecule has 1 atom stereocenters. The molecule has 8 heteroatoms. The highest BCUT2D eigenvalue weighted by Gasteiger charge is 2.37. The van der Waals surface area contributed by atoms with Crippen LogP contribution in [0.15, 0.2) is 6.33 Å². The first kappa shape index (κ1) is 15.5. The molecule has 19 heavy (non-hydrogen) atoms. The molecule has 3 N–H and O–H groups in total. The molecule has 0 saturated carbocycles. The molecule has 0 aliphatic carbocycles. The van der Waals surface area contributed by atoms with Crippen LogP contribution in [0.5, 0.6) is 0 Å². The average Bonchev–Trinajstić information content (AvgIpc) is 2.34. The van der Waals surface area contributed by atoms with E-state index in [1.54, 1.807) is 6.92 Å². The Morgan fingerprint density at radius 1 is 1.26 bits per heavy atom. The van der Waals surface area contributed by atoms with Crippen molar-refractivity contribution < 1.29 is 18.3 Å². The molecule has 0 radical (unpaired) electrons. The van der Waals surface area contributed by atoms with Crippen LogP contribution in [0.3, 0.4) is 0 Å². The second-order valence-corrected chi connectivity index (χ2v) is 4.06. The number of aromatic nitrogens is 2. The molecule has 0 bridgehead atoms. The summed E-state index contributed by atoms with van der Waals surface area (Å²) in [5, 5.41) is 14.4. The maximum absolute atomic E-state index is 12.2. The van der Waals surface area contributed by atoms with Gasteiger partial charge in [-0.2, -0.15) is 13.2 Å². The highest BCUT2D eigenvalue weighted by atomic mass is 19.4. The molecule has 1 aromatic rings. The number of nitrogens with one attached hydrogen (secondary N) is 2. The van der Waals surface area contributed by atoms with Gasteiger partial charge in [-0.1, -0.05) is 6.92 Å². The highest BCUT2D eigenvalue weighted by molar-refractivity contribution is 5.56. The Morgan fingerprint density at radius 2 is 1.84 bits per heavy atom. The molecule has 5 nitrogen and oxygen atoms in total. The van der Waals surface area contributed by atoms with Gasteiger partial charge in [-0.05, 0) is 13.3 Å². The van der Waals surface area contributed by atoms with Crippen molar-refractivity contribution in [3.8, 4) is 0 Å². The zero-order valence-corrected chi connectivity index (χ0v) is 10.8. The van der Waals surface area contributed by atoms with Gasteiger partial charge in [-0.25, -0.2) is 9.97 Å². The third-order valence-electron chi connectivity index (χ3n) is 2.47. The molecule has 0 aliphatic heterocycles. The Kier molecular flexibility index (Phi) is 5.34. The molecule has 1 unspecified atom stereocenters. The van der Waals surface area contributed by atoms with Crippen molar-refractivity contribution in [3.05, 3.63) is 11.9 Å². The summed E-state index contributed by atoms with van der Waals surface area (Å²) in [7, 11) is 0. The summed E-state index contributed by atoms with van der Waals surface area (Å²) in [5.74, 6) is 0.845. The maximum atomic E-state index is 12.2. The molecule has 0 spiro atoms. The minimum absolute atomic E-state index is 0.275. The van der Waals surface area contributed by atoms with Gasteiger partial charge in [0.15, 0.2) is 6.10 Å². The second-order valence-electron chi connectivity index (χ2n) is 4.06. The average molecular weight is 278 g/mol. The molecule has 1 aromatic heterocycles. The standard InChI is InChI=1S/C11H17F3N4O/c1-3-4-15-9-7(2)10(18-6-17-9)16-5-8(19)11(12,13)14/h6,8,19H,3-5H2,1-2H3,(H2,15,16,17,18). The summed E-state index contributed by atoms with van der Waals surface area (Å²) >= 11 is 0. The number of hydrogen-bond acceptors (Lipinski definition) is 5. The molecular weight excluding hydrogens is 261 g/mol. The Bertz CT molecular complexity index is 411. The van der Waals surface area contributed by atoms with Gasteiger partial charge < -0.3 is 15.7 Å². The molecular formula is C11H17F3N4O. The quantitative estimate of drug-likeness (QED) is 0.742. The van der Waals surface area contributed by atoms with Crippen molar-refractivity contribution in [1.29, 1.82) is 0 Å². The normalized spacial score (nSPS) is 13.2. The Labute approximate surface area is 109 Å². The summed E-state index contributed by atoms with van der Waals surface area (Å²) in [5.41, 5.74) is 0.616. The highest BCUT2D eigenvalue weighted by Crippen LogP contribution is 2.22. The first-order valence-electron chi connectivity index (χ1n) is 5.90. The predicted octanol–water partition coefficient (Wildman–Crippen LogP) is 1.94. The van der Waals surface area contributed by atoms with Gasteiger partial charge in [0.1, 0.15) is 18.0 Å². The molecule has 108 valence electrons. The minimum Gasteiger partial charge on any atom is -0.382 e. The van der Waals surface area contributed by atoms with Crippen molar-refractivity contribution >= 4 is 11.6 Å².